The van der Waals surface area contributed by atoms with Crippen molar-refractivity contribution in [2.75, 3.05) is 99.2 Å². The molecule has 18 nitrogen and oxygen atoms in total. The molecule has 19 heteroatoms. The number of morpholine rings is 2. The number of likely N-dealkylation sites (tertiary alicyclic amines) is 2. The van der Waals surface area contributed by atoms with E-state index in [0.29, 0.717) is 38.3 Å². The molecule has 4 aliphatic rings. The van der Waals surface area contributed by atoms with Crippen molar-refractivity contribution in [1.82, 2.24) is 49.8 Å². The second kappa shape index (κ2) is 23.2. The molecule has 4 amide bonds. The molecule has 2 atom stereocenters. The number of nitrogens with one attached hydrogen (secondary N) is 2. The van der Waals surface area contributed by atoms with Gasteiger partial charge in [-0.25, -0.2) is 19.6 Å². The fourth-order valence-electron chi connectivity index (χ4n) is 10.1. The minimum atomic E-state index is -1.35. The van der Waals surface area contributed by atoms with Crippen molar-refractivity contribution in [3.05, 3.63) is 84.2 Å². The molecular formula is C55H74N14O4Si. The Morgan fingerprint density at radius 3 is 1.49 bits per heavy atom. The zero-order chi connectivity index (χ0) is 51.9. The monoisotopic (exact) mass is 1020 g/mol. The number of aryl methyl sites for hydroxylation is 3. The lowest BCUT2D eigenvalue weighted by molar-refractivity contribution is 0.122. The van der Waals surface area contributed by atoms with Crippen molar-refractivity contribution in [2.45, 2.75) is 79.2 Å². The molecule has 0 bridgehead atoms. The lowest BCUT2D eigenvalue weighted by atomic mass is 9.99. The van der Waals surface area contributed by atoms with Crippen molar-refractivity contribution in [3.63, 3.8) is 0 Å². The highest BCUT2D eigenvalue weighted by molar-refractivity contribution is 6.74. The van der Waals surface area contributed by atoms with Gasteiger partial charge >= 0.3 is 12.1 Å². The molecule has 4 saturated heterocycles. The van der Waals surface area contributed by atoms with Crippen LogP contribution in [-0.2, 0) is 22.7 Å². The summed E-state index contributed by atoms with van der Waals surface area (Å²) in [5.41, 5.74) is 11.1. The molecule has 392 valence electrons. The molecule has 6 aromatic rings. The van der Waals surface area contributed by atoms with Crippen LogP contribution in [0.3, 0.4) is 0 Å². The average molecular weight is 1020 g/mol. The Kier molecular flexibility index (Phi) is 16.4. The summed E-state index contributed by atoms with van der Waals surface area (Å²) in [6.07, 6.45) is 9.17. The summed E-state index contributed by atoms with van der Waals surface area (Å²) < 4.78 is 14.8. The van der Waals surface area contributed by atoms with Gasteiger partial charge in [0.25, 0.3) is 0 Å². The van der Waals surface area contributed by atoms with Gasteiger partial charge in [-0.3, -0.25) is 9.36 Å². The summed E-state index contributed by atoms with van der Waals surface area (Å²) in [5, 5.41) is 23.5. The Bertz CT molecular complexity index is 2900. The number of benzene rings is 2. The molecule has 4 aromatic heterocycles. The number of urea groups is 2. The van der Waals surface area contributed by atoms with Gasteiger partial charge in [0, 0.05) is 76.9 Å². The molecule has 0 spiro atoms. The molecular weight excluding hydrogens is 949 g/mol. The fourth-order valence-corrected chi connectivity index (χ4v) is 11.2. The third kappa shape index (κ3) is 13.0. The van der Waals surface area contributed by atoms with E-state index in [4.69, 9.17) is 19.4 Å². The first-order valence-corrected chi connectivity index (χ1v) is 30.2. The maximum Gasteiger partial charge on any atom is 0.321 e. The molecule has 0 radical (unpaired) electrons. The average Bonchev–Trinajstić information content (AvgIpc) is 4.26. The van der Waals surface area contributed by atoms with Crippen molar-refractivity contribution >= 4 is 43.1 Å². The second-order valence-electron chi connectivity index (χ2n) is 21.5. The maximum atomic E-state index is 13.0. The van der Waals surface area contributed by atoms with Gasteiger partial charge in [-0.15, -0.1) is 10.2 Å². The Balaban J connectivity index is 0.000000183. The summed E-state index contributed by atoms with van der Waals surface area (Å²) >= 11 is 0. The minimum Gasteiger partial charge on any atom is -0.378 e. The van der Waals surface area contributed by atoms with Gasteiger partial charge in [-0.2, -0.15) is 0 Å². The maximum absolute atomic E-state index is 13.0. The molecule has 74 heavy (non-hydrogen) atoms. The number of ether oxygens (including phenoxy) is 2. The van der Waals surface area contributed by atoms with E-state index < -0.39 is 8.07 Å². The summed E-state index contributed by atoms with van der Waals surface area (Å²) in [6.45, 7) is 24.7. The van der Waals surface area contributed by atoms with Crippen LogP contribution in [0, 0.1) is 25.7 Å². The van der Waals surface area contributed by atoms with Crippen LogP contribution in [-0.4, -0.2) is 149 Å². The van der Waals surface area contributed by atoms with E-state index in [1.54, 1.807) is 4.68 Å². The van der Waals surface area contributed by atoms with Gasteiger partial charge in [0.05, 0.1) is 58.3 Å². The van der Waals surface area contributed by atoms with Crippen LogP contribution in [0.15, 0.2) is 73.1 Å². The van der Waals surface area contributed by atoms with E-state index in [-0.39, 0.29) is 12.1 Å². The quantitative estimate of drug-likeness (QED) is 0.111. The third-order valence-electron chi connectivity index (χ3n) is 14.5. The number of carbonyl (C=O) groups is 2. The van der Waals surface area contributed by atoms with Crippen LogP contribution in [0.1, 0.15) is 50.7 Å². The van der Waals surface area contributed by atoms with Crippen molar-refractivity contribution in [2.24, 2.45) is 18.9 Å². The first kappa shape index (κ1) is 52.2. The largest absolute Gasteiger partial charge is 0.378 e. The molecule has 0 saturated carbocycles. The Labute approximate surface area is 436 Å². The predicted molar refractivity (Wildman–Crippen MR) is 295 cm³/mol. The van der Waals surface area contributed by atoms with Crippen LogP contribution >= 0.6 is 0 Å². The standard InChI is InChI=1S/C29H41N7O2Si.C26H33N7O2/c1-6-22-9-10-35(18-22)29(37)30-24-8-7-21(2)25(17-24)23-15-26(27-19-36(33-32-27)20-39(3,4)5)31-28(16-23)34-11-13-38-14-12-34;1-4-19-7-8-33(16-19)26(34)27-21-6-5-18(2)22(15-21)20-13-23(24-17-31(3)30-29-24)28-25(14-20)32-9-11-35-12-10-32/h7-8,15-17,19,22H,6,9-14,18,20H2,1-5H3,(H,30,37);5-6,13-15,17,19H,4,7-12,16H2,1-3H3,(H,27,34)/t22-;19-/m11/s1. The molecule has 4 fully saturated rings. The van der Waals surface area contributed by atoms with Gasteiger partial charge in [0.2, 0.25) is 0 Å². The normalized spacial score (nSPS) is 18.1. The van der Waals surface area contributed by atoms with Crippen molar-refractivity contribution < 1.29 is 19.1 Å². The van der Waals surface area contributed by atoms with Crippen molar-refractivity contribution in [3.8, 4) is 45.0 Å². The second-order valence-corrected chi connectivity index (χ2v) is 26.9. The number of rotatable bonds is 12. The van der Waals surface area contributed by atoms with E-state index in [2.05, 4.69) is 131 Å². The van der Waals surface area contributed by atoms with Crippen LogP contribution in [0.4, 0.5) is 32.6 Å². The fraction of sp³-hybridized carbons (Fsp3) is 0.491. The molecule has 4 aliphatic heterocycles. The van der Waals surface area contributed by atoms with Gasteiger partial charge in [-0.1, -0.05) is 68.9 Å². The van der Waals surface area contributed by atoms with Gasteiger partial charge in [0.1, 0.15) is 23.0 Å². The minimum absolute atomic E-state index is 0.0239. The Morgan fingerprint density at radius 2 is 1.07 bits per heavy atom. The first-order chi connectivity index (χ1) is 35.7. The molecule has 8 heterocycles. The van der Waals surface area contributed by atoms with Crippen LogP contribution in [0.5, 0.6) is 0 Å². The predicted octanol–water partition coefficient (Wildman–Crippen LogP) is 9.25. The first-order valence-electron chi connectivity index (χ1n) is 26.5. The van der Waals surface area contributed by atoms with Crippen LogP contribution < -0.4 is 20.4 Å². The van der Waals surface area contributed by atoms with Crippen LogP contribution in [0.25, 0.3) is 45.0 Å². The zero-order valence-electron chi connectivity index (χ0n) is 44.6. The van der Waals surface area contributed by atoms with E-state index >= 15 is 0 Å². The highest BCUT2D eigenvalue weighted by Crippen LogP contribution is 2.35. The number of aromatic nitrogens is 8. The Hall–Kier alpha value is -6.70. The number of hydrogen-bond donors (Lipinski definition) is 2. The molecule has 2 N–H and O–H groups in total. The molecule has 0 unspecified atom stereocenters. The molecule has 2 aromatic carbocycles. The smallest absolute Gasteiger partial charge is 0.321 e. The summed E-state index contributed by atoms with van der Waals surface area (Å²) in [6, 6.07) is 20.6. The van der Waals surface area contributed by atoms with Gasteiger partial charge in [0.15, 0.2) is 0 Å². The van der Waals surface area contributed by atoms with Gasteiger partial charge in [-0.05, 0) is 120 Å². The summed E-state index contributed by atoms with van der Waals surface area (Å²) in [7, 11) is 0.499. The number of pyridine rings is 2. The number of amides is 4. The highest BCUT2D eigenvalue weighted by atomic mass is 28.3. The lowest BCUT2D eigenvalue weighted by Gasteiger charge is -2.28. The number of hydrogen-bond acceptors (Lipinski definition) is 12. The number of carbonyl (C=O) groups excluding carboxylic acids is 2. The van der Waals surface area contributed by atoms with E-state index in [1.807, 2.05) is 52.1 Å². The molecule has 10 rings (SSSR count). The summed E-state index contributed by atoms with van der Waals surface area (Å²) in [5.74, 6) is 3.00. The van der Waals surface area contributed by atoms with Gasteiger partial charge < -0.3 is 39.7 Å². The third-order valence-corrected chi connectivity index (χ3v) is 15.8. The Morgan fingerprint density at radius 1 is 0.608 bits per heavy atom. The number of anilines is 4. The van der Waals surface area contributed by atoms with E-state index in [0.717, 1.165) is 163 Å². The summed E-state index contributed by atoms with van der Waals surface area (Å²) in [4.78, 5) is 44.1. The van der Waals surface area contributed by atoms with E-state index in [1.165, 1.54) is 0 Å². The number of nitrogens with zero attached hydrogens (tertiary/aromatic N) is 12. The van der Waals surface area contributed by atoms with Crippen molar-refractivity contribution in [1.29, 1.82) is 0 Å². The SMILES string of the molecule is CC[C@@H]1CCN(C(=O)Nc2ccc(C)c(-c3cc(-c4cn(C)nn4)nc(N4CCOCC4)c3)c2)C1.CC[C@@H]1CCN(C(=O)Nc2ccc(C)c(-c3cc(-c4cn(C[Si](C)(C)C)nn4)nc(N4CCOCC4)c3)c2)C1. The topological polar surface area (TPSA) is 177 Å². The van der Waals surface area contributed by atoms with Crippen LogP contribution in [0.2, 0.25) is 19.6 Å². The highest BCUT2D eigenvalue weighted by Gasteiger charge is 2.27. The lowest BCUT2D eigenvalue weighted by Crippen LogP contribution is -2.36. The molecule has 0 aliphatic carbocycles. The van der Waals surface area contributed by atoms with E-state index in [9.17, 15) is 9.59 Å². The zero-order valence-corrected chi connectivity index (χ0v) is 45.6.